The lowest BCUT2D eigenvalue weighted by Gasteiger charge is -2.51. The Hall–Kier alpha value is -4.62. The van der Waals surface area contributed by atoms with Crippen molar-refractivity contribution in [1.29, 1.82) is 0 Å². The maximum atomic E-state index is 14.1. The van der Waals surface area contributed by atoms with E-state index in [1.54, 1.807) is 36.7 Å². The van der Waals surface area contributed by atoms with Gasteiger partial charge in [-0.05, 0) is 50.9 Å². The van der Waals surface area contributed by atoms with Crippen LogP contribution in [0.3, 0.4) is 0 Å². The van der Waals surface area contributed by atoms with Crippen molar-refractivity contribution < 1.29 is 23.9 Å². The van der Waals surface area contributed by atoms with E-state index in [4.69, 9.17) is 9.47 Å². The molecule has 13 heteroatoms. The molecule has 6 rings (SSSR count). The molecule has 43 heavy (non-hydrogen) atoms. The maximum absolute atomic E-state index is 14.1. The number of hydrogen-bond donors (Lipinski definition) is 1. The molecule has 11 nitrogen and oxygen atoms in total. The number of esters is 1. The Balaban J connectivity index is 1.24. The van der Waals surface area contributed by atoms with Gasteiger partial charge in [0, 0.05) is 12.0 Å². The van der Waals surface area contributed by atoms with Gasteiger partial charge in [-0.15, -0.1) is 16.9 Å². The first kappa shape index (κ1) is 28.5. The molecule has 1 N–H and O–H groups in total. The number of aromatic nitrogens is 4. The highest BCUT2D eigenvalue weighted by atomic mass is 32.2. The molecule has 3 aromatic carbocycles. The molecule has 4 aromatic rings. The van der Waals surface area contributed by atoms with Crippen LogP contribution in [0.5, 0.6) is 5.75 Å². The average Bonchev–Trinajstić information content (AvgIpc) is 3.46. The van der Waals surface area contributed by atoms with Crippen LogP contribution in [-0.2, 0) is 26.2 Å². The molecule has 1 aromatic heterocycles. The van der Waals surface area contributed by atoms with Crippen LogP contribution in [0, 0.1) is 0 Å². The SMILES string of the molecule is Cn1nnnc1SC1=CS[C@@H]2[C@H](NC(=O)COc3ccccc3)C(=O)N2C1C(=O)OC(c1ccccc1)c1ccccc1. The molecule has 0 aliphatic carbocycles. The summed E-state index contributed by atoms with van der Waals surface area (Å²) in [5, 5.41) is 16.1. The summed E-state index contributed by atoms with van der Waals surface area (Å²) in [6.07, 6.45) is -0.701. The van der Waals surface area contributed by atoms with Gasteiger partial charge < -0.3 is 19.7 Å². The second kappa shape index (κ2) is 12.7. The number of carbonyl (C=O) groups excluding carboxylic acids is 3. The molecular weight excluding hydrogens is 589 g/mol. The third-order valence-electron chi connectivity index (χ3n) is 6.83. The fraction of sp³-hybridized carbons (Fsp3) is 0.200. The molecule has 0 spiro atoms. The van der Waals surface area contributed by atoms with E-state index in [1.807, 2.05) is 66.7 Å². The Labute approximate surface area is 255 Å². The van der Waals surface area contributed by atoms with Crippen LogP contribution < -0.4 is 10.1 Å². The summed E-state index contributed by atoms with van der Waals surface area (Å²) in [4.78, 5) is 42.3. The summed E-state index contributed by atoms with van der Waals surface area (Å²) >= 11 is 2.51. The first-order valence-corrected chi connectivity index (χ1v) is 15.1. The van der Waals surface area contributed by atoms with E-state index in [-0.39, 0.29) is 6.61 Å². The van der Waals surface area contributed by atoms with Gasteiger partial charge in [-0.25, -0.2) is 9.48 Å². The number of ether oxygens (including phenoxy) is 2. The van der Waals surface area contributed by atoms with E-state index in [1.165, 1.54) is 33.1 Å². The van der Waals surface area contributed by atoms with E-state index >= 15 is 0 Å². The van der Waals surface area contributed by atoms with E-state index in [2.05, 4.69) is 20.8 Å². The van der Waals surface area contributed by atoms with Gasteiger partial charge >= 0.3 is 5.97 Å². The van der Waals surface area contributed by atoms with Gasteiger partial charge in [0.25, 0.3) is 5.91 Å². The number of para-hydroxylation sites is 1. The highest BCUT2D eigenvalue weighted by Gasteiger charge is 2.56. The van der Waals surface area contributed by atoms with Gasteiger partial charge in [0.1, 0.15) is 17.2 Å². The second-order valence-electron chi connectivity index (χ2n) is 9.67. The molecule has 1 unspecified atom stereocenters. The highest BCUT2D eigenvalue weighted by Crippen LogP contribution is 2.45. The van der Waals surface area contributed by atoms with Gasteiger partial charge in [-0.1, -0.05) is 78.9 Å². The second-order valence-corrected chi connectivity index (χ2v) is 11.7. The third kappa shape index (κ3) is 6.13. The molecule has 0 bridgehead atoms. The molecule has 0 saturated carbocycles. The Morgan fingerprint density at radius 1 is 0.977 bits per heavy atom. The number of amides is 2. The van der Waals surface area contributed by atoms with Crippen molar-refractivity contribution in [3.05, 3.63) is 112 Å². The maximum Gasteiger partial charge on any atom is 0.335 e. The minimum Gasteiger partial charge on any atom is -0.484 e. The zero-order valence-electron chi connectivity index (χ0n) is 22.8. The highest BCUT2D eigenvalue weighted by molar-refractivity contribution is 8.06. The van der Waals surface area contributed by atoms with Crippen molar-refractivity contribution in [2.24, 2.45) is 7.05 Å². The molecular formula is C30H26N6O5S2. The number of carbonyl (C=O) groups is 3. The number of nitrogens with one attached hydrogen (secondary N) is 1. The van der Waals surface area contributed by atoms with Crippen LogP contribution in [0.1, 0.15) is 17.2 Å². The summed E-state index contributed by atoms with van der Waals surface area (Å²) in [6, 6.07) is 25.9. The molecule has 3 heterocycles. The van der Waals surface area contributed by atoms with Crippen molar-refractivity contribution in [1.82, 2.24) is 30.4 Å². The molecule has 2 amide bonds. The largest absolute Gasteiger partial charge is 0.484 e. The van der Waals surface area contributed by atoms with E-state index in [9.17, 15) is 14.4 Å². The topological polar surface area (TPSA) is 129 Å². The first-order chi connectivity index (χ1) is 21.0. The lowest BCUT2D eigenvalue weighted by Crippen LogP contribution is -2.74. The molecule has 218 valence electrons. The fourth-order valence-electron chi connectivity index (χ4n) is 4.74. The number of thioether (sulfide) groups is 2. The number of hydrogen-bond acceptors (Lipinski definition) is 10. The molecule has 3 atom stereocenters. The van der Waals surface area contributed by atoms with Crippen molar-refractivity contribution in [2.75, 3.05) is 6.61 Å². The van der Waals surface area contributed by atoms with Crippen LogP contribution in [0.25, 0.3) is 0 Å². The van der Waals surface area contributed by atoms with Gasteiger partial charge in [-0.2, -0.15) is 0 Å². The number of rotatable bonds is 10. The quantitative estimate of drug-likeness (QED) is 0.210. The zero-order valence-corrected chi connectivity index (χ0v) is 24.5. The van der Waals surface area contributed by atoms with Gasteiger partial charge in [0.15, 0.2) is 18.8 Å². The van der Waals surface area contributed by atoms with Gasteiger partial charge in [-0.3, -0.25) is 9.59 Å². The number of benzene rings is 3. The standard InChI is InChI=1S/C30H26N6O5S2/c1-35-30(32-33-34-35)43-22-18-42-28-24(31-23(37)17-40-21-15-9-4-10-16-21)27(38)36(28)25(22)29(39)41-26(19-11-5-2-6-12-19)20-13-7-3-8-14-20/h2-16,18,24-26,28H,17H2,1H3,(H,31,37)/t24-,25?,28-/m1/s1. The fourth-order valence-corrected chi connectivity index (χ4v) is 6.98. The summed E-state index contributed by atoms with van der Waals surface area (Å²) in [6.45, 7) is -0.247. The minimum absolute atomic E-state index is 0.247. The normalized spacial score (nSPS) is 19.2. The van der Waals surface area contributed by atoms with E-state index in [0.717, 1.165) is 11.1 Å². The third-order valence-corrected chi connectivity index (χ3v) is 9.26. The monoisotopic (exact) mass is 614 g/mol. The molecule has 2 aliphatic rings. The van der Waals surface area contributed by atoms with Crippen LogP contribution >= 0.6 is 23.5 Å². The van der Waals surface area contributed by atoms with Gasteiger partial charge in [0.05, 0.1) is 0 Å². The van der Waals surface area contributed by atoms with E-state index < -0.39 is 41.3 Å². The predicted octanol–water partition coefficient (Wildman–Crippen LogP) is 3.32. The number of β-lactam (4-membered cyclic amide) rings is 1. The Kier molecular flexibility index (Phi) is 8.43. The number of nitrogens with zero attached hydrogens (tertiary/aromatic N) is 5. The Morgan fingerprint density at radius 2 is 1.60 bits per heavy atom. The lowest BCUT2D eigenvalue weighted by atomic mass is 10.0. The average molecular weight is 615 g/mol. The predicted molar refractivity (Wildman–Crippen MR) is 159 cm³/mol. The zero-order chi connectivity index (χ0) is 29.8. The van der Waals surface area contributed by atoms with Crippen molar-refractivity contribution in [3.8, 4) is 5.75 Å². The number of fused-ring (bicyclic) bond motifs is 1. The van der Waals surface area contributed by atoms with Crippen molar-refractivity contribution in [3.63, 3.8) is 0 Å². The Bertz CT molecular complexity index is 1600. The summed E-state index contributed by atoms with van der Waals surface area (Å²) in [5.41, 5.74) is 1.58. The van der Waals surface area contributed by atoms with Gasteiger partial charge in [0.2, 0.25) is 11.1 Å². The Morgan fingerprint density at radius 3 is 2.21 bits per heavy atom. The number of tetrazole rings is 1. The summed E-state index contributed by atoms with van der Waals surface area (Å²) in [5.74, 6) is -0.902. The first-order valence-electron chi connectivity index (χ1n) is 13.3. The smallest absolute Gasteiger partial charge is 0.335 e. The summed E-state index contributed by atoms with van der Waals surface area (Å²) in [7, 11) is 1.69. The van der Waals surface area contributed by atoms with Crippen LogP contribution in [-0.4, -0.2) is 67.0 Å². The molecule has 1 saturated heterocycles. The van der Waals surface area contributed by atoms with E-state index in [0.29, 0.717) is 15.8 Å². The van der Waals surface area contributed by atoms with Crippen molar-refractivity contribution >= 4 is 41.3 Å². The number of aryl methyl sites for hydroxylation is 1. The van der Waals surface area contributed by atoms with Crippen LogP contribution in [0.15, 0.2) is 106 Å². The van der Waals surface area contributed by atoms with Crippen LogP contribution in [0.4, 0.5) is 0 Å². The lowest BCUT2D eigenvalue weighted by molar-refractivity contribution is -0.165. The minimum atomic E-state index is -1.07. The van der Waals surface area contributed by atoms with Crippen LogP contribution in [0.2, 0.25) is 0 Å². The molecule has 1 fully saturated rings. The summed E-state index contributed by atoms with van der Waals surface area (Å²) < 4.78 is 13.2. The molecule has 0 radical (unpaired) electrons. The van der Waals surface area contributed by atoms with Crippen molar-refractivity contribution in [2.45, 2.75) is 28.7 Å². The molecule has 2 aliphatic heterocycles.